The largest absolute Gasteiger partial charge is 0.507 e. The van der Waals surface area contributed by atoms with Crippen LogP contribution in [-0.2, 0) is 6.18 Å². The first-order valence-electron chi connectivity index (χ1n) is 6.90. The number of phenolic OH excluding ortho intramolecular Hbond substituents is 1. The van der Waals surface area contributed by atoms with Gasteiger partial charge in [-0.25, -0.2) is 0 Å². The number of pyridine rings is 1. The van der Waals surface area contributed by atoms with Gasteiger partial charge in [-0.1, -0.05) is 24.3 Å². The molecule has 1 aromatic heterocycles. The zero-order valence-electron chi connectivity index (χ0n) is 12.1. The van der Waals surface area contributed by atoms with Crippen molar-refractivity contribution in [1.29, 1.82) is 0 Å². The predicted octanol–water partition coefficient (Wildman–Crippen LogP) is 4.21. The van der Waals surface area contributed by atoms with E-state index in [0.717, 1.165) is 11.5 Å². The van der Waals surface area contributed by atoms with Crippen LogP contribution in [0.4, 0.5) is 18.9 Å². The molecular formula is C17H11F3N2O2. The van der Waals surface area contributed by atoms with Gasteiger partial charge in [-0.15, -0.1) is 0 Å². The lowest BCUT2D eigenvalue weighted by atomic mass is 10.1. The fraction of sp³-hybridized carbons (Fsp3) is 0.0588. The Labute approximate surface area is 134 Å². The number of fused-ring (bicyclic) bond motifs is 1. The highest BCUT2D eigenvalue weighted by Gasteiger charge is 2.31. The first kappa shape index (κ1) is 15.8. The van der Waals surface area contributed by atoms with Gasteiger partial charge in [0.2, 0.25) is 0 Å². The van der Waals surface area contributed by atoms with Gasteiger partial charge in [0.15, 0.2) is 0 Å². The van der Waals surface area contributed by atoms with Gasteiger partial charge in [-0.3, -0.25) is 9.78 Å². The van der Waals surface area contributed by atoms with Gasteiger partial charge < -0.3 is 10.4 Å². The molecule has 1 amide bonds. The summed E-state index contributed by atoms with van der Waals surface area (Å²) in [4.78, 5) is 16.3. The van der Waals surface area contributed by atoms with E-state index >= 15 is 0 Å². The third kappa shape index (κ3) is 3.01. The molecule has 122 valence electrons. The molecule has 0 saturated heterocycles. The maximum Gasteiger partial charge on any atom is 0.416 e. The topological polar surface area (TPSA) is 62.2 Å². The van der Waals surface area contributed by atoms with E-state index in [-0.39, 0.29) is 0 Å². The van der Waals surface area contributed by atoms with E-state index in [2.05, 4.69) is 10.3 Å². The average Bonchev–Trinajstić information content (AvgIpc) is 2.54. The van der Waals surface area contributed by atoms with Crippen LogP contribution in [0.5, 0.6) is 5.75 Å². The van der Waals surface area contributed by atoms with Crippen LogP contribution in [0, 0.1) is 0 Å². The van der Waals surface area contributed by atoms with Crippen LogP contribution in [0.3, 0.4) is 0 Å². The number of carbonyl (C=O) groups excluding carboxylic acids is 1. The Hall–Kier alpha value is -3.09. The highest BCUT2D eigenvalue weighted by Crippen LogP contribution is 2.32. The number of nitrogens with one attached hydrogen (secondary N) is 1. The maximum absolute atomic E-state index is 12.8. The van der Waals surface area contributed by atoms with Gasteiger partial charge in [0.25, 0.3) is 5.91 Å². The number of halogens is 3. The third-order valence-corrected chi connectivity index (χ3v) is 3.48. The number of rotatable bonds is 2. The lowest BCUT2D eigenvalue weighted by molar-refractivity contribution is -0.137. The molecule has 7 heteroatoms. The van der Waals surface area contributed by atoms with Crippen LogP contribution in [0.25, 0.3) is 10.8 Å². The van der Waals surface area contributed by atoms with Crippen LogP contribution >= 0.6 is 0 Å². The zero-order valence-corrected chi connectivity index (χ0v) is 12.1. The van der Waals surface area contributed by atoms with Crippen molar-refractivity contribution in [3.63, 3.8) is 0 Å². The average molecular weight is 332 g/mol. The van der Waals surface area contributed by atoms with Crippen LogP contribution in [0.15, 0.2) is 54.9 Å². The summed E-state index contributed by atoms with van der Waals surface area (Å²) in [6.45, 7) is 0. The number of benzene rings is 2. The smallest absolute Gasteiger partial charge is 0.416 e. The Morgan fingerprint density at radius 3 is 2.58 bits per heavy atom. The summed E-state index contributed by atoms with van der Waals surface area (Å²) in [5, 5.41) is 13.7. The van der Waals surface area contributed by atoms with Gasteiger partial charge in [-0.05, 0) is 18.2 Å². The van der Waals surface area contributed by atoms with Crippen molar-refractivity contribution in [3.05, 3.63) is 66.0 Å². The maximum atomic E-state index is 12.8. The highest BCUT2D eigenvalue weighted by atomic mass is 19.4. The van der Waals surface area contributed by atoms with E-state index in [1.807, 2.05) is 0 Å². The molecule has 24 heavy (non-hydrogen) atoms. The number of amides is 1. The summed E-state index contributed by atoms with van der Waals surface area (Å²) in [5.74, 6) is -1.38. The molecule has 0 aliphatic heterocycles. The van der Waals surface area contributed by atoms with E-state index in [1.165, 1.54) is 6.20 Å². The Bertz CT molecular complexity index is 918. The van der Waals surface area contributed by atoms with Gasteiger partial charge in [0.1, 0.15) is 5.75 Å². The molecule has 1 heterocycles. The number of carbonyl (C=O) groups is 1. The molecule has 0 aliphatic rings. The first-order chi connectivity index (χ1) is 11.4. The zero-order chi connectivity index (χ0) is 17.3. The van der Waals surface area contributed by atoms with E-state index < -0.39 is 29.0 Å². The van der Waals surface area contributed by atoms with Crippen LogP contribution in [0.1, 0.15) is 15.9 Å². The molecule has 3 aromatic rings. The molecule has 0 bridgehead atoms. The van der Waals surface area contributed by atoms with Crippen molar-refractivity contribution in [3.8, 4) is 5.75 Å². The van der Waals surface area contributed by atoms with Crippen LogP contribution in [0.2, 0.25) is 0 Å². The van der Waals surface area contributed by atoms with Gasteiger partial charge in [-0.2, -0.15) is 13.2 Å². The fourth-order valence-electron chi connectivity index (χ4n) is 2.30. The summed E-state index contributed by atoms with van der Waals surface area (Å²) in [6, 6.07) is 9.28. The van der Waals surface area contributed by atoms with Gasteiger partial charge >= 0.3 is 6.18 Å². The molecule has 0 saturated carbocycles. The second-order valence-electron chi connectivity index (χ2n) is 5.09. The third-order valence-electron chi connectivity index (χ3n) is 3.48. The first-order valence-corrected chi connectivity index (χ1v) is 6.90. The summed E-state index contributed by atoms with van der Waals surface area (Å²) >= 11 is 0. The quantitative estimate of drug-likeness (QED) is 0.739. The number of aromatic nitrogens is 1. The summed E-state index contributed by atoms with van der Waals surface area (Å²) in [6.07, 6.45) is -1.61. The second kappa shape index (κ2) is 5.84. The number of nitrogens with zero attached hydrogens (tertiary/aromatic N) is 1. The van der Waals surface area contributed by atoms with Crippen LogP contribution < -0.4 is 5.32 Å². The number of aromatic hydroxyl groups is 1. The van der Waals surface area contributed by atoms with E-state index in [0.29, 0.717) is 23.2 Å². The monoisotopic (exact) mass is 332 g/mol. The van der Waals surface area contributed by atoms with E-state index in [9.17, 15) is 23.1 Å². The highest BCUT2D eigenvalue weighted by molar-refractivity contribution is 6.10. The summed E-state index contributed by atoms with van der Waals surface area (Å²) in [7, 11) is 0. The number of hydrogen-bond acceptors (Lipinski definition) is 3. The SMILES string of the molecule is O=C(Nc1cncc2ccccc12)c1cc(C(F)(F)F)ccc1O. The van der Waals surface area contributed by atoms with Crippen molar-refractivity contribution >= 4 is 22.4 Å². The fourth-order valence-corrected chi connectivity index (χ4v) is 2.30. The minimum atomic E-state index is -4.61. The Kier molecular flexibility index (Phi) is 3.84. The Morgan fingerprint density at radius 1 is 1.08 bits per heavy atom. The van der Waals surface area contributed by atoms with Crippen molar-refractivity contribution < 1.29 is 23.1 Å². The minimum absolute atomic E-state index is 0.343. The van der Waals surface area contributed by atoms with Gasteiger partial charge in [0, 0.05) is 17.0 Å². The molecule has 2 N–H and O–H groups in total. The minimum Gasteiger partial charge on any atom is -0.507 e. The predicted molar refractivity (Wildman–Crippen MR) is 82.8 cm³/mol. The van der Waals surface area contributed by atoms with E-state index in [1.54, 1.807) is 30.5 Å². The molecule has 0 spiro atoms. The van der Waals surface area contributed by atoms with E-state index in [4.69, 9.17) is 0 Å². The van der Waals surface area contributed by atoms with Gasteiger partial charge in [0.05, 0.1) is 23.0 Å². The standard InChI is InChI=1S/C17H11F3N2O2/c18-17(19,20)11-5-6-15(23)13(7-11)16(24)22-14-9-21-8-10-3-1-2-4-12(10)14/h1-9,23H,(H,22,24). The molecular weight excluding hydrogens is 321 g/mol. The summed E-state index contributed by atoms with van der Waals surface area (Å²) < 4.78 is 38.3. The molecule has 0 aliphatic carbocycles. The molecule has 2 aromatic carbocycles. The number of phenols is 1. The van der Waals surface area contributed by atoms with Crippen molar-refractivity contribution in [2.24, 2.45) is 0 Å². The molecule has 0 radical (unpaired) electrons. The lowest BCUT2D eigenvalue weighted by Gasteiger charge is -2.12. The molecule has 0 fully saturated rings. The van der Waals surface area contributed by atoms with Crippen molar-refractivity contribution in [1.82, 2.24) is 4.98 Å². The number of alkyl halides is 3. The second-order valence-corrected chi connectivity index (χ2v) is 5.09. The Morgan fingerprint density at radius 2 is 1.83 bits per heavy atom. The van der Waals surface area contributed by atoms with Crippen molar-refractivity contribution in [2.45, 2.75) is 6.18 Å². The molecule has 0 unspecified atom stereocenters. The normalized spacial score (nSPS) is 11.5. The molecule has 4 nitrogen and oxygen atoms in total. The van der Waals surface area contributed by atoms with Crippen molar-refractivity contribution in [2.75, 3.05) is 5.32 Å². The Balaban J connectivity index is 1.98. The number of anilines is 1. The number of hydrogen-bond donors (Lipinski definition) is 2. The van der Waals surface area contributed by atoms with Crippen LogP contribution in [-0.4, -0.2) is 16.0 Å². The lowest BCUT2D eigenvalue weighted by Crippen LogP contribution is -2.14. The summed E-state index contributed by atoms with van der Waals surface area (Å²) in [5.41, 5.74) is -1.13. The molecule has 3 rings (SSSR count). The molecule has 0 atom stereocenters.